The number of nitrogens with one attached hydrogen (secondary N) is 1. The van der Waals surface area contributed by atoms with Crippen LogP contribution in [0.5, 0.6) is 5.88 Å². The van der Waals surface area contributed by atoms with Crippen molar-refractivity contribution >= 4 is 28.0 Å². The van der Waals surface area contributed by atoms with E-state index in [9.17, 15) is 18.0 Å². The minimum Gasteiger partial charge on any atom is -0.475 e. The number of aryl methyl sites for hydroxylation is 2. The van der Waals surface area contributed by atoms with Crippen LogP contribution in [0.1, 0.15) is 74.4 Å². The van der Waals surface area contributed by atoms with Gasteiger partial charge in [-0.1, -0.05) is 45.0 Å². The number of fused-ring (bicyclic) bond motifs is 4. The van der Waals surface area contributed by atoms with Crippen LogP contribution in [0.2, 0.25) is 0 Å². The molecule has 2 fully saturated rings. The highest BCUT2D eigenvalue weighted by Gasteiger charge is 2.57. The van der Waals surface area contributed by atoms with Crippen LogP contribution in [-0.2, 0) is 14.8 Å². The number of amides is 2. The minimum atomic E-state index is -4.15. The Balaban J connectivity index is 1.39. The number of carbonyl (C=O) groups excluding carboxylic acids is 2. The van der Waals surface area contributed by atoms with Gasteiger partial charge in [0.15, 0.2) is 0 Å². The van der Waals surface area contributed by atoms with Crippen LogP contribution in [0.3, 0.4) is 0 Å². The Bertz CT molecular complexity index is 1820. The van der Waals surface area contributed by atoms with Crippen LogP contribution < -0.4 is 9.46 Å². The molecule has 11 nitrogen and oxygen atoms in total. The number of benzene rings is 2. The van der Waals surface area contributed by atoms with Gasteiger partial charge in [-0.3, -0.25) is 4.79 Å². The number of hydrogen-bond donors (Lipinski definition) is 1. The van der Waals surface area contributed by atoms with Crippen molar-refractivity contribution < 1.29 is 27.5 Å². The van der Waals surface area contributed by atoms with Crippen LogP contribution in [0.25, 0.3) is 11.3 Å². The highest BCUT2D eigenvalue weighted by atomic mass is 32.2. The van der Waals surface area contributed by atoms with Gasteiger partial charge in [0.1, 0.15) is 6.61 Å². The highest BCUT2D eigenvalue weighted by molar-refractivity contribution is 7.92. The predicted octanol–water partition coefficient (Wildman–Crippen LogP) is 6.21. The van der Waals surface area contributed by atoms with Crippen molar-refractivity contribution in [1.29, 1.82) is 0 Å². The molecule has 0 unspecified atom stereocenters. The van der Waals surface area contributed by atoms with Crippen molar-refractivity contribution in [2.75, 3.05) is 25.5 Å². The topological polar surface area (TPSA) is 131 Å². The van der Waals surface area contributed by atoms with Gasteiger partial charge in [-0.05, 0) is 86.1 Å². The van der Waals surface area contributed by atoms with Gasteiger partial charge in [-0.15, -0.1) is 0 Å². The Labute approximate surface area is 283 Å². The molecule has 6 rings (SSSR count). The van der Waals surface area contributed by atoms with Crippen molar-refractivity contribution in [3.8, 4) is 17.1 Å². The largest absolute Gasteiger partial charge is 0.475 e. The summed E-state index contributed by atoms with van der Waals surface area (Å²) < 4.78 is 41.3. The summed E-state index contributed by atoms with van der Waals surface area (Å²) in [5.41, 5.74) is 3.55. The molecule has 1 aromatic heterocycles. The van der Waals surface area contributed by atoms with Gasteiger partial charge in [-0.2, -0.15) is 4.98 Å². The highest BCUT2D eigenvalue weighted by Crippen LogP contribution is 2.59. The quantitative estimate of drug-likeness (QED) is 0.346. The van der Waals surface area contributed by atoms with E-state index in [0.29, 0.717) is 12.1 Å². The Morgan fingerprint density at radius 3 is 2.38 bits per heavy atom. The van der Waals surface area contributed by atoms with Gasteiger partial charge in [0.25, 0.3) is 15.9 Å². The Morgan fingerprint density at radius 1 is 1.06 bits per heavy atom. The Morgan fingerprint density at radius 2 is 1.73 bits per heavy atom. The monoisotopic (exact) mass is 675 g/mol. The summed E-state index contributed by atoms with van der Waals surface area (Å²) in [5.74, 6) is -0.126. The van der Waals surface area contributed by atoms with E-state index in [1.54, 1.807) is 30.1 Å². The molecule has 2 amide bonds. The molecule has 2 heterocycles. The third kappa shape index (κ3) is 6.59. The molecule has 0 radical (unpaired) electrons. The summed E-state index contributed by atoms with van der Waals surface area (Å²) in [4.78, 5) is 39.3. The fourth-order valence-corrected chi connectivity index (χ4v) is 8.74. The zero-order valence-corrected chi connectivity index (χ0v) is 29.6. The standard InChI is InChI=1S/C36H45N5O6S/c1-22-10-8-11-23(2)31(22)29-15-30-38-33(37-29)39-48(44,45)28-13-9-12-24(14-28)32(42)41(27(21-47-30)16-35(3,4)5)26-19-36(20-26)17-25(18-36)40(6)34(43)46-7/h8-15,25-27H,16-21H2,1-7H3,(H,37,38,39)/t25?,26?,27-,36?/m1/s1. The molecular weight excluding hydrogens is 630 g/mol. The average molecular weight is 676 g/mol. The van der Waals surface area contributed by atoms with E-state index in [2.05, 4.69) is 35.5 Å². The zero-order valence-electron chi connectivity index (χ0n) is 28.7. The molecule has 12 heteroatoms. The Hall–Kier alpha value is -4.19. The predicted molar refractivity (Wildman–Crippen MR) is 182 cm³/mol. The summed E-state index contributed by atoms with van der Waals surface area (Å²) in [6.45, 7) is 10.5. The molecule has 2 aliphatic carbocycles. The average Bonchev–Trinajstić information content (AvgIpc) is 2.98. The number of hydrogen-bond acceptors (Lipinski definition) is 8. The van der Waals surface area contributed by atoms with Crippen LogP contribution >= 0.6 is 0 Å². The summed E-state index contributed by atoms with van der Waals surface area (Å²) in [6, 6.07) is 13.5. The molecule has 3 aromatic rings. The summed E-state index contributed by atoms with van der Waals surface area (Å²) in [5, 5.41) is 0. The van der Waals surface area contributed by atoms with E-state index in [4.69, 9.17) is 9.47 Å². The van der Waals surface area contributed by atoms with Crippen molar-refractivity contribution in [3.63, 3.8) is 0 Å². The number of ether oxygens (including phenoxy) is 2. The second-order valence-electron chi connectivity index (χ2n) is 15.0. The van der Waals surface area contributed by atoms with E-state index >= 15 is 0 Å². The molecule has 1 spiro atoms. The molecule has 3 aliphatic rings. The van der Waals surface area contributed by atoms with Crippen LogP contribution in [0, 0.1) is 24.7 Å². The van der Waals surface area contributed by atoms with Crippen LogP contribution in [0.15, 0.2) is 53.4 Å². The van der Waals surface area contributed by atoms with Gasteiger partial charge in [0, 0.05) is 36.3 Å². The van der Waals surface area contributed by atoms with Crippen LogP contribution in [-0.4, -0.2) is 79.1 Å². The lowest BCUT2D eigenvalue weighted by Crippen LogP contribution is -2.64. The number of anilines is 1. The number of sulfonamides is 1. The maximum atomic E-state index is 14.5. The van der Waals surface area contributed by atoms with Gasteiger partial charge in [-0.25, -0.2) is 22.9 Å². The van der Waals surface area contributed by atoms with E-state index in [1.165, 1.54) is 19.2 Å². The third-order valence-corrected chi connectivity index (χ3v) is 11.4. The molecule has 2 aromatic carbocycles. The van der Waals surface area contributed by atoms with Crippen molar-refractivity contribution in [2.45, 2.75) is 89.7 Å². The van der Waals surface area contributed by atoms with Crippen molar-refractivity contribution in [3.05, 3.63) is 65.2 Å². The van der Waals surface area contributed by atoms with Crippen molar-refractivity contribution in [1.82, 2.24) is 19.8 Å². The van der Waals surface area contributed by atoms with Gasteiger partial charge in [0.05, 0.1) is 23.7 Å². The van der Waals surface area contributed by atoms with E-state index in [1.807, 2.05) is 36.9 Å². The number of aromatic nitrogens is 2. The first-order valence-electron chi connectivity index (χ1n) is 16.4. The number of methoxy groups -OCH3 is 1. The molecule has 4 bridgehead atoms. The molecule has 1 atom stereocenters. The number of rotatable bonds is 4. The molecule has 256 valence electrons. The fourth-order valence-electron chi connectivity index (χ4n) is 7.75. The summed E-state index contributed by atoms with van der Waals surface area (Å²) in [7, 11) is -1.00. The molecule has 2 saturated carbocycles. The maximum absolute atomic E-state index is 14.5. The number of nitrogens with zero attached hydrogens (tertiary/aromatic N) is 4. The minimum absolute atomic E-state index is 0.0448. The van der Waals surface area contributed by atoms with Crippen LogP contribution in [0.4, 0.5) is 10.7 Å². The number of carbonyl (C=O) groups is 2. The summed E-state index contributed by atoms with van der Waals surface area (Å²) >= 11 is 0. The maximum Gasteiger partial charge on any atom is 0.409 e. The third-order valence-electron chi connectivity index (χ3n) is 10.0. The first kappa shape index (κ1) is 33.7. The molecule has 0 saturated heterocycles. The second kappa shape index (κ2) is 12.4. The zero-order chi connectivity index (χ0) is 34.6. The normalized spacial score (nSPS) is 24.9. The smallest absolute Gasteiger partial charge is 0.409 e. The molecule has 48 heavy (non-hydrogen) atoms. The lowest BCUT2D eigenvalue weighted by Gasteiger charge is -2.62. The first-order valence-corrected chi connectivity index (χ1v) is 17.9. The van der Waals surface area contributed by atoms with Gasteiger partial charge in [0.2, 0.25) is 11.8 Å². The van der Waals surface area contributed by atoms with Gasteiger partial charge >= 0.3 is 6.09 Å². The summed E-state index contributed by atoms with van der Waals surface area (Å²) in [6.07, 6.45) is 3.58. The molecule has 1 N–H and O–H groups in total. The van der Waals surface area contributed by atoms with Crippen molar-refractivity contribution in [2.24, 2.45) is 10.8 Å². The first-order chi connectivity index (χ1) is 22.6. The van der Waals surface area contributed by atoms with E-state index in [-0.39, 0.29) is 69.9 Å². The lowest BCUT2D eigenvalue weighted by molar-refractivity contribution is -0.0981. The SMILES string of the molecule is COC(=O)N(C)C1CC2(C1)CC(N1C(=O)c3cccc(c3)S(=O)(=O)Nc3nc(cc(-c4c(C)cccc4C)n3)OC[C@H]1CC(C)(C)C)C2. The Kier molecular flexibility index (Phi) is 8.68. The molecule has 1 aliphatic heterocycles. The van der Waals surface area contributed by atoms with E-state index in [0.717, 1.165) is 42.4 Å². The molecular formula is C36H45N5O6S. The van der Waals surface area contributed by atoms with Gasteiger partial charge < -0.3 is 19.3 Å². The fraction of sp³-hybridized carbons (Fsp3) is 0.500. The van der Waals surface area contributed by atoms with E-state index < -0.39 is 10.0 Å². The lowest BCUT2D eigenvalue weighted by atomic mass is 9.51. The second-order valence-corrected chi connectivity index (χ2v) is 16.6.